The number of benzene rings is 2. The van der Waals surface area contributed by atoms with Crippen molar-refractivity contribution in [2.45, 2.75) is 21.5 Å². The molecule has 0 aliphatic carbocycles. The number of nitrogens with one attached hydrogen (secondary N) is 2. The maximum Gasteiger partial charge on any atom is 0.263 e. The van der Waals surface area contributed by atoms with Gasteiger partial charge in [-0.1, -0.05) is 29.8 Å². The number of hydrogen-bond acceptors (Lipinski definition) is 6. The standard InChI is InChI=1S/C18H16ClN3O4S3/c1-28(23,24)15-4-2-3-5-16(15)29(25,26)22-11-6-7-13-12(10-11)18(21-20-13)14-8-9-17(19)27-14/h2-7,9-10,14,22H,8H2,1H3,(H,20,21). The molecule has 0 fully saturated rings. The molecule has 0 amide bonds. The van der Waals surface area contributed by atoms with Crippen LogP contribution in [-0.2, 0) is 19.9 Å². The minimum absolute atomic E-state index is 0.0501. The molecule has 0 saturated heterocycles. The summed E-state index contributed by atoms with van der Waals surface area (Å²) in [6.45, 7) is 0. The van der Waals surface area contributed by atoms with Gasteiger partial charge in [0.2, 0.25) is 0 Å². The molecule has 0 spiro atoms. The number of rotatable bonds is 5. The lowest BCUT2D eigenvalue weighted by atomic mass is 10.1. The normalized spacial score (nSPS) is 17.4. The number of halogens is 1. The van der Waals surface area contributed by atoms with Gasteiger partial charge in [-0.15, -0.1) is 11.8 Å². The molecule has 1 aliphatic heterocycles. The quantitative estimate of drug-likeness (QED) is 0.584. The van der Waals surface area contributed by atoms with Gasteiger partial charge < -0.3 is 0 Å². The Labute approximate surface area is 177 Å². The van der Waals surface area contributed by atoms with Crippen LogP contribution in [-0.4, -0.2) is 33.3 Å². The van der Waals surface area contributed by atoms with Crippen LogP contribution in [0.2, 0.25) is 0 Å². The molecular weight excluding hydrogens is 454 g/mol. The molecule has 0 bridgehead atoms. The Morgan fingerprint density at radius 1 is 1.14 bits per heavy atom. The summed E-state index contributed by atoms with van der Waals surface area (Å²) in [6, 6.07) is 10.5. The Kier molecular flexibility index (Phi) is 5.14. The van der Waals surface area contributed by atoms with E-state index in [0.717, 1.165) is 29.3 Å². The van der Waals surface area contributed by atoms with E-state index in [1.807, 2.05) is 6.08 Å². The molecule has 29 heavy (non-hydrogen) atoms. The second kappa shape index (κ2) is 7.35. The zero-order chi connectivity index (χ0) is 20.8. The van der Waals surface area contributed by atoms with Crippen LogP contribution in [0.25, 0.3) is 10.9 Å². The zero-order valence-corrected chi connectivity index (χ0v) is 18.3. The number of sulfone groups is 1. The van der Waals surface area contributed by atoms with Crippen LogP contribution in [0, 0.1) is 0 Å². The van der Waals surface area contributed by atoms with E-state index in [0.29, 0.717) is 10.1 Å². The van der Waals surface area contributed by atoms with Gasteiger partial charge in [0, 0.05) is 17.3 Å². The lowest BCUT2D eigenvalue weighted by molar-refractivity contribution is 0.588. The van der Waals surface area contributed by atoms with Crippen LogP contribution < -0.4 is 4.72 Å². The number of hydrogen-bond donors (Lipinski definition) is 2. The van der Waals surface area contributed by atoms with Gasteiger partial charge in [-0.3, -0.25) is 9.82 Å². The maximum atomic E-state index is 12.9. The third-order valence-electron chi connectivity index (χ3n) is 4.43. The number of sulfonamides is 1. The number of aromatic nitrogens is 2. The SMILES string of the molecule is CS(=O)(=O)c1ccccc1S(=O)(=O)Nc1ccc2[nH]nc(C3CC=C(Cl)S3)c2c1. The second-order valence-electron chi connectivity index (χ2n) is 6.54. The van der Waals surface area contributed by atoms with Crippen LogP contribution in [0.3, 0.4) is 0 Å². The van der Waals surface area contributed by atoms with Crippen LogP contribution in [0.1, 0.15) is 17.4 Å². The predicted molar refractivity (Wildman–Crippen MR) is 115 cm³/mol. The minimum atomic E-state index is -4.12. The van der Waals surface area contributed by atoms with E-state index in [-0.39, 0.29) is 15.0 Å². The van der Waals surface area contributed by atoms with Gasteiger partial charge in [0.05, 0.1) is 25.7 Å². The number of nitrogens with zero attached hydrogens (tertiary/aromatic N) is 1. The van der Waals surface area contributed by atoms with Gasteiger partial charge in [0.25, 0.3) is 10.0 Å². The lowest BCUT2D eigenvalue weighted by Crippen LogP contribution is -2.16. The number of allylic oxidation sites excluding steroid dienone is 1. The Morgan fingerprint density at radius 3 is 2.52 bits per heavy atom. The van der Waals surface area contributed by atoms with Gasteiger partial charge in [-0.2, -0.15) is 5.10 Å². The Morgan fingerprint density at radius 2 is 1.86 bits per heavy atom. The number of H-pyrrole nitrogens is 1. The van der Waals surface area contributed by atoms with Crippen LogP contribution in [0.5, 0.6) is 0 Å². The molecule has 1 aromatic heterocycles. The van der Waals surface area contributed by atoms with Crippen LogP contribution >= 0.6 is 23.4 Å². The molecule has 1 atom stereocenters. The molecular formula is C18H16ClN3O4S3. The fourth-order valence-corrected chi connectivity index (χ4v) is 7.17. The summed E-state index contributed by atoms with van der Waals surface area (Å²) in [7, 11) is -7.83. The van der Waals surface area contributed by atoms with Crippen molar-refractivity contribution >= 4 is 59.8 Å². The molecule has 3 aromatic rings. The highest BCUT2D eigenvalue weighted by molar-refractivity contribution is 8.05. The highest BCUT2D eigenvalue weighted by Crippen LogP contribution is 2.46. The van der Waals surface area contributed by atoms with Gasteiger partial charge in [-0.05, 0) is 36.8 Å². The van der Waals surface area contributed by atoms with E-state index in [1.165, 1.54) is 36.0 Å². The molecule has 1 unspecified atom stereocenters. The zero-order valence-electron chi connectivity index (χ0n) is 15.1. The number of aromatic amines is 1. The van der Waals surface area contributed by atoms with E-state index in [1.54, 1.807) is 18.2 Å². The highest BCUT2D eigenvalue weighted by Gasteiger charge is 2.25. The van der Waals surface area contributed by atoms with E-state index in [4.69, 9.17) is 11.6 Å². The number of anilines is 1. The monoisotopic (exact) mass is 469 g/mol. The van der Waals surface area contributed by atoms with Crippen molar-refractivity contribution in [3.63, 3.8) is 0 Å². The predicted octanol–water partition coefficient (Wildman–Crippen LogP) is 4.03. The molecule has 0 saturated carbocycles. The molecule has 0 radical (unpaired) electrons. The van der Waals surface area contributed by atoms with Crippen molar-refractivity contribution in [2.24, 2.45) is 0 Å². The van der Waals surface area contributed by atoms with Gasteiger partial charge in [-0.25, -0.2) is 16.8 Å². The summed E-state index contributed by atoms with van der Waals surface area (Å²) < 4.78 is 53.0. The lowest BCUT2D eigenvalue weighted by Gasteiger charge is -2.12. The van der Waals surface area contributed by atoms with Crippen molar-refractivity contribution in [1.29, 1.82) is 0 Å². The molecule has 4 rings (SSSR count). The summed E-state index contributed by atoms with van der Waals surface area (Å²) in [4.78, 5) is -0.544. The van der Waals surface area contributed by atoms with Crippen LogP contribution in [0.4, 0.5) is 5.69 Å². The number of fused-ring (bicyclic) bond motifs is 1. The summed E-state index contributed by atoms with van der Waals surface area (Å²) in [5, 5.41) is 8.13. The third kappa shape index (κ3) is 4.02. The first-order valence-electron chi connectivity index (χ1n) is 8.47. The smallest absolute Gasteiger partial charge is 0.263 e. The van der Waals surface area contributed by atoms with Crippen molar-refractivity contribution in [2.75, 3.05) is 11.0 Å². The van der Waals surface area contributed by atoms with Crippen molar-refractivity contribution in [3.05, 3.63) is 58.6 Å². The first-order valence-corrected chi connectivity index (χ1v) is 13.1. The first-order chi connectivity index (χ1) is 13.6. The second-order valence-corrected chi connectivity index (χ2v) is 12.1. The molecule has 2 aromatic carbocycles. The Hall–Kier alpha value is -2.01. The largest absolute Gasteiger partial charge is 0.280 e. The molecule has 11 heteroatoms. The number of thioether (sulfide) groups is 1. The maximum absolute atomic E-state index is 12.9. The Bertz CT molecular complexity index is 1350. The fraction of sp³-hybridized carbons (Fsp3) is 0.167. The van der Waals surface area contributed by atoms with E-state index < -0.39 is 19.9 Å². The van der Waals surface area contributed by atoms with E-state index >= 15 is 0 Å². The minimum Gasteiger partial charge on any atom is -0.280 e. The van der Waals surface area contributed by atoms with Crippen molar-refractivity contribution in [1.82, 2.24) is 10.2 Å². The molecule has 2 heterocycles. The first kappa shape index (κ1) is 20.3. The van der Waals surface area contributed by atoms with Gasteiger partial charge in [0.1, 0.15) is 4.90 Å². The van der Waals surface area contributed by atoms with Crippen molar-refractivity contribution in [3.8, 4) is 0 Å². The average Bonchev–Trinajstić information content (AvgIpc) is 3.26. The Balaban J connectivity index is 1.71. The van der Waals surface area contributed by atoms with E-state index in [9.17, 15) is 16.8 Å². The summed E-state index contributed by atoms with van der Waals surface area (Å²) in [5.74, 6) is 0. The molecule has 2 N–H and O–H groups in total. The molecule has 7 nitrogen and oxygen atoms in total. The molecule has 152 valence electrons. The van der Waals surface area contributed by atoms with E-state index in [2.05, 4.69) is 14.9 Å². The van der Waals surface area contributed by atoms with Crippen LogP contribution in [0.15, 0.2) is 62.7 Å². The fourth-order valence-electron chi connectivity index (χ4n) is 3.13. The average molecular weight is 470 g/mol. The van der Waals surface area contributed by atoms with Gasteiger partial charge >= 0.3 is 0 Å². The topological polar surface area (TPSA) is 109 Å². The molecule has 1 aliphatic rings. The third-order valence-corrected chi connectivity index (χ3v) is 8.67. The van der Waals surface area contributed by atoms with Gasteiger partial charge in [0.15, 0.2) is 9.84 Å². The summed E-state index contributed by atoms with van der Waals surface area (Å²) in [6.07, 6.45) is 3.64. The summed E-state index contributed by atoms with van der Waals surface area (Å²) in [5.41, 5.74) is 1.86. The van der Waals surface area contributed by atoms with Crippen molar-refractivity contribution < 1.29 is 16.8 Å². The summed E-state index contributed by atoms with van der Waals surface area (Å²) >= 11 is 7.56. The highest BCUT2D eigenvalue weighted by atomic mass is 35.5.